The number of rotatable bonds is 6. The second-order valence-corrected chi connectivity index (χ2v) is 7.58. The molecule has 1 heterocycles. The summed E-state index contributed by atoms with van der Waals surface area (Å²) in [5, 5.41) is 13.3. The zero-order valence-corrected chi connectivity index (χ0v) is 16.4. The maximum Gasteiger partial charge on any atom is 0.223 e. The van der Waals surface area contributed by atoms with Crippen molar-refractivity contribution in [3.05, 3.63) is 51.3 Å². The summed E-state index contributed by atoms with van der Waals surface area (Å²) in [6.45, 7) is 6.33. The van der Waals surface area contributed by atoms with Crippen LogP contribution >= 0.6 is 11.6 Å². The molecule has 1 aromatic heterocycles. The normalized spacial score (nSPS) is 15.3. The fraction of sp³-hybridized carbons (Fsp3) is 0.400. The molecule has 0 fully saturated rings. The lowest BCUT2D eigenvalue weighted by Crippen LogP contribution is -2.30. The lowest BCUT2D eigenvalue weighted by Gasteiger charge is -2.22. The van der Waals surface area contributed by atoms with Crippen LogP contribution in [0.4, 0.5) is 5.95 Å². The Morgan fingerprint density at radius 2 is 2.22 bits per heavy atom. The summed E-state index contributed by atoms with van der Waals surface area (Å²) in [5.41, 5.74) is 4.53. The van der Waals surface area contributed by atoms with Crippen molar-refractivity contribution in [3.63, 3.8) is 0 Å². The summed E-state index contributed by atoms with van der Waals surface area (Å²) in [5.74, 6) is 0.535. The van der Waals surface area contributed by atoms with E-state index in [2.05, 4.69) is 21.4 Å². The number of aromatic nitrogens is 2. The lowest BCUT2D eigenvalue weighted by atomic mass is 10.0. The Kier molecular flexibility index (Phi) is 5.62. The molecule has 27 heavy (non-hydrogen) atoms. The fourth-order valence-corrected chi connectivity index (χ4v) is 3.55. The van der Waals surface area contributed by atoms with Gasteiger partial charge in [0.25, 0.3) is 0 Å². The molecule has 1 unspecified atom stereocenters. The second-order valence-electron chi connectivity index (χ2n) is 7.15. The van der Waals surface area contributed by atoms with E-state index < -0.39 is 0 Å². The Balaban J connectivity index is 1.76. The van der Waals surface area contributed by atoms with Gasteiger partial charge in [0, 0.05) is 23.3 Å². The van der Waals surface area contributed by atoms with Crippen molar-refractivity contribution < 1.29 is 4.79 Å². The van der Waals surface area contributed by atoms with Crippen LogP contribution in [0.3, 0.4) is 0 Å². The van der Waals surface area contributed by atoms with Crippen molar-refractivity contribution in [2.24, 2.45) is 0 Å². The van der Waals surface area contributed by atoms with Crippen molar-refractivity contribution in [1.82, 2.24) is 14.9 Å². The molecule has 0 bridgehead atoms. The molecular weight excluding hydrogens is 362 g/mol. The van der Waals surface area contributed by atoms with Gasteiger partial charge in [0.05, 0.1) is 23.9 Å². The number of amides is 1. The number of carbonyl (C=O) groups is 1. The molecule has 140 valence electrons. The quantitative estimate of drug-likeness (QED) is 0.774. The van der Waals surface area contributed by atoms with Crippen LogP contribution in [0.2, 0.25) is 5.02 Å². The third-order valence-corrected chi connectivity index (χ3v) is 5.10. The monoisotopic (exact) mass is 383 g/mol. The standard InChI is InChI=1S/C20H22ClN5O/c1-12(2)26(11-27)10-19-13(3)9-23-20(25-19)24-17-6-14-4-16(21)5-15(8-22)18(14)7-17/h4-5,9,11-12,17H,6-7,10H2,1-3H3,(H,23,24,25). The Morgan fingerprint density at radius 3 is 2.89 bits per heavy atom. The molecule has 0 radical (unpaired) electrons. The number of benzene rings is 1. The zero-order valence-electron chi connectivity index (χ0n) is 15.7. The number of hydrogen-bond acceptors (Lipinski definition) is 5. The van der Waals surface area contributed by atoms with Gasteiger partial charge in [-0.05, 0) is 62.4 Å². The predicted molar refractivity (Wildman–Crippen MR) is 104 cm³/mol. The van der Waals surface area contributed by atoms with E-state index in [-0.39, 0.29) is 12.1 Å². The molecule has 3 rings (SSSR count). The summed E-state index contributed by atoms with van der Waals surface area (Å²) in [4.78, 5) is 22.0. The summed E-state index contributed by atoms with van der Waals surface area (Å²) < 4.78 is 0. The van der Waals surface area contributed by atoms with Gasteiger partial charge in [-0.1, -0.05) is 11.6 Å². The van der Waals surface area contributed by atoms with Crippen LogP contribution in [0.25, 0.3) is 0 Å². The van der Waals surface area contributed by atoms with Crippen LogP contribution in [0.15, 0.2) is 18.3 Å². The van der Waals surface area contributed by atoms with E-state index in [9.17, 15) is 10.1 Å². The highest BCUT2D eigenvalue weighted by Gasteiger charge is 2.25. The molecule has 0 aliphatic heterocycles. The zero-order chi connectivity index (χ0) is 19.6. The van der Waals surface area contributed by atoms with Gasteiger partial charge in [0.1, 0.15) is 0 Å². The van der Waals surface area contributed by atoms with Crippen LogP contribution in [0.5, 0.6) is 0 Å². The molecule has 1 amide bonds. The number of anilines is 1. The number of nitriles is 1. The van der Waals surface area contributed by atoms with Crippen molar-refractivity contribution in [3.8, 4) is 6.07 Å². The first kappa shape index (κ1) is 19.1. The van der Waals surface area contributed by atoms with Crippen LogP contribution in [0.1, 0.15) is 41.8 Å². The highest BCUT2D eigenvalue weighted by atomic mass is 35.5. The molecule has 6 nitrogen and oxygen atoms in total. The number of nitrogens with zero attached hydrogens (tertiary/aromatic N) is 4. The van der Waals surface area contributed by atoms with Crippen molar-refractivity contribution in [2.45, 2.75) is 52.2 Å². The fourth-order valence-electron chi connectivity index (χ4n) is 3.31. The van der Waals surface area contributed by atoms with E-state index in [1.54, 1.807) is 17.2 Å². The number of hydrogen-bond donors (Lipinski definition) is 1. The third kappa shape index (κ3) is 4.20. The number of nitrogens with one attached hydrogen (secondary N) is 1. The van der Waals surface area contributed by atoms with Gasteiger partial charge < -0.3 is 10.2 Å². The van der Waals surface area contributed by atoms with E-state index in [1.165, 1.54) is 0 Å². The lowest BCUT2D eigenvalue weighted by molar-refractivity contribution is -0.120. The largest absolute Gasteiger partial charge is 0.351 e. The van der Waals surface area contributed by atoms with Gasteiger partial charge in [0.15, 0.2) is 0 Å². The maximum atomic E-state index is 11.3. The third-order valence-electron chi connectivity index (χ3n) is 4.89. The summed E-state index contributed by atoms with van der Waals surface area (Å²) in [6.07, 6.45) is 4.12. The minimum absolute atomic E-state index is 0.103. The number of carbonyl (C=O) groups excluding carboxylic acids is 1. The molecular formula is C20H22ClN5O. The molecule has 7 heteroatoms. The number of halogens is 1. The topological polar surface area (TPSA) is 81.9 Å². The summed E-state index contributed by atoms with van der Waals surface area (Å²) >= 11 is 6.11. The second kappa shape index (κ2) is 7.93. The summed E-state index contributed by atoms with van der Waals surface area (Å²) in [7, 11) is 0. The molecule has 0 saturated heterocycles. The first-order valence-corrected chi connectivity index (χ1v) is 9.30. The molecule has 1 atom stereocenters. The van der Waals surface area contributed by atoms with Crippen molar-refractivity contribution in [2.75, 3.05) is 5.32 Å². The summed E-state index contributed by atoms with van der Waals surface area (Å²) in [6, 6.07) is 6.07. The maximum absolute atomic E-state index is 11.3. The van der Waals surface area contributed by atoms with Crippen LogP contribution in [-0.4, -0.2) is 33.4 Å². The molecule has 0 saturated carbocycles. The smallest absolute Gasteiger partial charge is 0.223 e. The molecule has 1 aliphatic carbocycles. The van der Waals surface area contributed by atoms with Crippen molar-refractivity contribution >= 4 is 24.0 Å². The molecule has 0 spiro atoms. The van der Waals surface area contributed by atoms with E-state index in [0.29, 0.717) is 23.1 Å². The number of aryl methyl sites for hydroxylation is 1. The van der Waals surface area contributed by atoms with Gasteiger partial charge in [0.2, 0.25) is 12.4 Å². The van der Waals surface area contributed by atoms with Crippen LogP contribution < -0.4 is 5.32 Å². The molecule has 1 aromatic carbocycles. The van der Waals surface area contributed by atoms with Gasteiger partial charge in [-0.3, -0.25) is 4.79 Å². The minimum atomic E-state index is 0.103. The van der Waals surface area contributed by atoms with Gasteiger partial charge in [-0.15, -0.1) is 0 Å². The van der Waals surface area contributed by atoms with Crippen LogP contribution in [-0.2, 0) is 24.2 Å². The van der Waals surface area contributed by atoms with Gasteiger partial charge >= 0.3 is 0 Å². The van der Waals surface area contributed by atoms with Gasteiger partial charge in [-0.25, -0.2) is 9.97 Å². The highest BCUT2D eigenvalue weighted by molar-refractivity contribution is 6.30. The average Bonchev–Trinajstić information content (AvgIpc) is 3.03. The average molecular weight is 384 g/mol. The van der Waals surface area contributed by atoms with E-state index in [4.69, 9.17) is 11.6 Å². The Bertz CT molecular complexity index is 906. The van der Waals surface area contributed by atoms with Gasteiger partial charge in [-0.2, -0.15) is 5.26 Å². The molecule has 2 aromatic rings. The molecule has 1 aliphatic rings. The van der Waals surface area contributed by atoms with E-state index in [0.717, 1.165) is 41.6 Å². The predicted octanol–water partition coefficient (Wildman–Crippen LogP) is 3.26. The minimum Gasteiger partial charge on any atom is -0.351 e. The first-order chi connectivity index (χ1) is 12.9. The molecule has 1 N–H and O–H groups in total. The Morgan fingerprint density at radius 1 is 1.44 bits per heavy atom. The Labute approximate surface area is 164 Å². The first-order valence-electron chi connectivity index (χ1n) is 8.92. The van der Waals surface area contributed by atoms with E-state index in [1.807, 2.05) is 26.8 Å². The van der Waals surface area contributed by atoms with Crippen molar-refractivity contribution in [1.29, 1.82) is 5.26 Å². The highest BCUT2D eigenvalue weighted by Crippen LogP contribution is 2.30. The van der Waals surface area contributed by atoms with E-state index >= 15 is 0 Å². The Hall–Kier alpha value is -2.65. The van der Waals surface area contributed by atoms with Crippen LogP contribution in [0, 0.1) is 18.3 Å². The SMILES string of the molecule is Cc1cnc(NC2Cc3cc(Cl)cc(C#N)c3C2)nc1CN(C=O)C(C)C. The number of fused-ring (bicyclic) bond motifs is 1.